The summed E-state index contributed by atoms with van der Waals surface area (Å²) in [5, 5.41) is 0. The Bertz CT molecular complexity index is 349. The minimum Gasteiger partial charge on any atom is -0.350 e. The molecule has 0 amide bonds. The average Bonchev–Trinajstić information content (AvgIpc) is 2.52. The van der Waals surface area contributed by atoms with Crippen LogP contribution in [-0.2, 0) is 17.3 Å². The highest BCUT2D eigenvalue weighted by atomic mass is 16.1. The van der Waals surface area contributed by atoms with Gasteiger partial charge in [0.2, 0.25) is 0 Å². The lowest BCUT2D eigenvalue weighted by Gasteiger charge is -2.15. The van der Waals surface area contributed by atoms with Gasteiger partial charge in [0.25, 0.3) is 0 Å². The van der Waals surface area contributed by atoms with Crippen molar-refractivity contribution >= 4 is 12.0 Å². The van der Waals surface area contributed by atoms with Gasteiger partial charge in [0.1, 0.15) is 5.94 Å². The third-order valence-corrected chi connectivity index (χ3v) is 2.12. The van der Waals surface area contributed by atoms with Gasteiger partial charge in [0, 0.05) is 19.3 Å². The molecule has 2 heteroatoms. The van der Waals surface area contributed by atoms with Crippen LogP contribution in [0.3, 0.4) is 0 Å². The minimum atomic E-state index is 0.132. The fourth-order valence-electron chi connectivity index (χ4n) is 1.20. The first-order valence-electron chi connectivity index (χ1n) is 5.33. The third-order valence-electron chi connectivity index (χ3n) is 2.12. The lowest BCUT2D eigenvalue weighted by molar-refractivity contribution is 0.570. The average molecular weight is 207 g/mol. The van der Waals surface area contributed by atoms with Gasteiger partial charge >= 0.3 is 0 Å². The second-order valence-electron chi connectivity index (χ2n) is 4.28. The van der Waals surface area contributed by atoms with Gasteiger partial charge in [-0.3, -0.25) is 0 Å². The molecule has 0 saturated heterocycles. The van der Waals surface area contributed by atoms with E-state index in [1.807, 2.05) is 37.7 Å². The molecule has 0 atom stereocenters. The standard InChI is InChI=1S/C11H15NO.C2H6/c1-11(2,3)9-7-10(5-6-13)12(4)8-9;1-2/h5,7-8H,1-4H3;1-2H3. The molecule has 0 radical (unpaired) electrons. The monoisotopic (exact) mass is 207 g/mol. The van der Waals surface area contributed by atoms with Crippen molar-refractivity contribution < 1.29 is 4.79 Å². The molecule has 0 aliphatic heterocycles. The number of hydrogen-bond acceptors (Lipinski definition) is 1. The summed E-state index contributed by atoms with van der Waals surface area (Å²) in [6.45, 7) is 10.4. The van der Waals surface area contributed by atoms with Crippen LogP contribution < -0.4 is 0 Å². The molecule has 1 heterocycles. The molecule has 0 aliphatic carbocycles. The van der Waals surface area contributed by atoms with Crippen LogP contribution in [0.5, 0.6) is 0 Å². The summed E-state index contributed by atoms with van der Waals surface area (Å²) in [5.41, 5.74) is 2.27. The second kappa shape index (κ2) is 5.57. The summed E-state index contributed by atoms with van der Waals surface area (Å²) in [6.07, 6.45) is 3.50. The molecule has 0 unspecified atom stereocenters. The molecule has 84 valence electrons. The van der Waals surface area contributed by atoms with E-state index in [9.17, 15) is 4.79 Å². The second-order valence-corrected chi connectivity index (χ2v) is 4.28. The summed E-state index contributed by atoms with van der Waals surface area (Å²) >= 11 is 0. The van der Waals surface area contributed by atoms with Crippen LogP contribution in [0.4, 0.5) is 0 Å². The Hall–Kier alpha value is -1.27. The van der Waals surface area contributed by atoms with Gasteiger partial charge < -0.3 is 4.57 Å². The predicted molar refractivity (Wildman–Crippen MR) is 65.6 cm³/mol. The van der Waals surface area contributed by atoms with Crippen LogP contribution >= 0.6 is 0 Å². The number of aryl methyl sites for hydroxylation is 1. The maximum absolute atomic E-state index is 10.2. The van der Waals surface area contributed by atoms with E-state index in [2.05, 4.69) is 20.8 Å². The summed E-state index contributed by atoms with van der Waals surface area (Å²) in [4.78, 5) is 10.2. The zero-order valence-corrected chi connectivity index (χ0v) is 10.6. The Labute approximate surface area is 92.6 Å². The van der Waals surface area contributed by atoms with E-state index >= 15 is 0 Å². The fourth-order valence-corrected chi connectivity index (χ4v) is 1.20. The Balaban J connectivity index is 0.000000921. The van der Waals surface area contributed by atoms with E-state index in [1.54, 1.807) is 5.94 Å². The molecule has 0 spiro atoms. The molecule has 0 N–H and O–H groups in total. The Kier molecular flexibility index (Phi) is 5.10. The summed E-state index contributed by atoms with van der Waals surface area (Å²) in [7, 11) is 1.93. The first-order chi connectivity index (χ1) is 6.95. The molecule has 1 rings (SSSR count). The molecule has 0 aromatic carbocycles. The quantitative estimate of drug-likeness (QED) is 0.648. The van der Waals surface area contributed by atoms with Gasteiger partial charge in [0.05, 0.1) is 5.69 Å². The van der Waals surface area contributed by atoms with Crippen molar-refractivity contribution in [1.29, 1.82) is 0 Å². The van der Waals surface area contributed by atoms with Gasteiger partial charge in [-0.2, -0.15) is 0 Å². The number of carbonyl (C=O) groups excluding carboxylic acids is 1. The van der Waals surface area contributed by atoms with Gasteiger partial charge in [-0.25, -0.2) is 4.79 Å². The lowest BCUT2D eigenvalue weighted by atomic mass is 9.89. The van der Waals surface area contributed by atoms with Crippen LogP contribution in [0.2, 0.25) is 0 Å². The molecule has 15 heavy (non-hydrogen) atoms. The smallest absolute Gasteiger partial charge is 0.126 e. The fraction of sp³-hybridized carbons (Fsp3) is 0.538. The highest BCUT2D eigenvalue weighted by molar-refractivity contribution is 5.73. The molecular weight excluding hydrogens is 186 g/mol. The third kappa shape index (κ3) is 3.77. The van der Waals surface area contributed by atoms with Crippen LogP contribution in [0.1, 0.15) is 45.9 Å². The van der Waals surface area contributed by atoms with Gasteiger partial charge in [-0.1, -0.05) is 34.6 Å². The van der Waals surface area contributed by atoms with Crippen LogP contribution in [0.15, 0.2) is 12.3 Å². The van der Waals surface area contributed by atoms with E-state index in [0.717, 1.165) is 5.69 Å². The predicted octanol–water partition coefficient (Wildman–Crippen LogP) is 3.19. The molecule has 1 aromatic heterocycles. The molecule has 0 bridgehead atoms. The SMILES string of the molecule is CC.Cn1cc(C(C)(C)C)cc1C=C=O. The normalized spacial score (nSPS) is 10.0. The van der Waals surface area contributed by atoms with E-state index in [-0.39, 0.29) is 5.41 Å². The van der Waals surface area contributed by atoms with E-state index in [4.69, 9.17) is 0 Å². The van der Waals surface area contributed by atoms with Crippen molar-refractivity contribution in [3.8, 4) is 0 Å². The minimum absolute atomic E-state index is 0.132. The van der Waals surface area contributed by atoms with Crippen molar-refractivity contribution in [2.75, 3.05) is 0 Å². The van der Waals surface area contributed by atoms with Gasteiger partial charge in [-0.15, -0.1) is 0 Å². The first kappa shape index (κ1) is 13.7. The Morgan fingerprint density at radius 1 is 1.33 bits per heavy atom. The largest absolute Gasteiger partial charge is 0.350 e. The van der Waals surface area contributed by atoms with Crippen molar-refractivity contribution in [2.24, 2.45) is 7.05 Å². The van der Waals surface area contributed by atoms with Crippen LogP contribution in [0, 0.1) is 0 Å². The molecule has 0 saturated carbocycles. The number of nitrogens with zero attached hydrogens (tertiary/aromatic N) is 1. The van der Waals surface area contributed by atoms with Crippen molar-refractivity contribution in [1.82, 2.24) is 4.57 Å². The van der Waals surface area contributed by atoms with Crippen molar-refractivity contribution in [2.45, 2.75) is 40.0 Å². The zero-order chi connectivity index (χ0) is 12.1. The molecular formula is C13H21NO. The van der Waals surface area contributed by atoms with Crippen molar-refractivity contribution in [3.63, 3.8) is 0 Å². The maximum atomic E-state index is 10.2. The molecule has 0 aliphatic rings. The molecule has 0 fully saturated rings. The molecule has 1 aromatic rings. The number of rotatable bonds is 1. The highest BCUT2D eigenvalue weighted by Gasteiger charge is 2.15. The Morgan fingerprint density at radius 3 is 2.20 bits per heavy atom. The lowest BCUT2D eigenvalue weighted by Crippen LogP contribution is -2.09. The van der Waals surface area contributed by atoms with Crippen molar-refractivity contribution in [3.05, 3.63) is 23.5 Å². The number of aromatic nitrogens is 1. The summed E-state index contributed by atoms with van der Waals surface area (Å²) in [6, 6.07) is 2.02. The van der Waals surface area contributed by atoms with E-state index in [0.29, 0.717) is 0 Å². The van der Waals surface area contributed by atoms with Crippen LogP contribution in [0.25, 0.3) is 6.08 Å². The first-order valence-corrected chi connectivity index (χ1v) is 5.33. The van der Waals surface area contributed by atoms with Crippen LogP contribution in [-0.4, -0.2) is 10.5 Å². The number of hydrogen-bond donors (Lipinski definition) is 0. The summed E-state index contributed by atoms with van der Waals surface area (Å²) in [5.74, 6) is 1.79. The molecule has 2 nitrogen and oxygen atoms in total. The maximum Gasteiger partial charge on any atom is 0.126 e. The summed E-state index contributed by atoms with van der Waals surface area (Å²) < 4.78 is 1.94. The van der Waals surface area contributed by atoms with Gasteiger partial charge in [-0.05, 0) is 17.0 Å². The highest BCUT2D eigenvalue weighted by Crippen LogP contribution is 2.23. The Morgan fingerprint density at radius 2 is 1.87 bits per heavy atom. The zero-order valence-electron chi connectivity index (χ0n) is 10.6. The van der Waals surface area contributed by atoms with E-state index < -0.39 is 0 Å². The van der Waals surface area contributed by atoms with Gasteiger partial charge in [0.15, 0.2) is 0 Å². The topological polar surface area (TPSA) is 22.0 Å². The van der Waals surface area contributed by atoms with E-state index in [1.165, 1.54) is 11.6 Å².